The van der Waals surface area contributed by atoms with Crippen LogP contribution in [0.5, 0.6) is 0 Å². The highest BCUT2D eigenvalue weighted by atomic mass is 16.6. The zero-order valence-corrected chi connectivity index (χ0v) is 11.3. The van der Waals surface area contributed by atoms with Gasteiger partial charge in [0.15, 0.2) is 0 Å². The van der Waals surface area contributed by atoms with Crippen LogP contribution in [-0.4, -0.2) is 36.1 Å². The zero-order valence-electron chi connectivity index (χ0n) is 11.3. The summed E-state index contributed by atoms with van der Waals surface area (Å²) in [6, 6.07) is 0. The summed E-state index contributed by atoms with van der Waals surface area (Å²) >= 11 is 0. The van der Waals surface area contributed by atoms with Crippen molar-refractivity contribution in [1.82, 2.24) is 5.32 Å². The Labute approximate surface area is 108 Å². The number of carbonyl (C=O) groups excluding carboxylic acids is 2. The maximum absolute atomic E-state index is 11.2. The average Bonchev–Trinajstić information content (AvgIpc) is 2.26. The van der Waals surface area contributed by atoms with E-state index in [4.69, 9.17) is 9.47 Å². The maximum atomic E-state index is 11.2. The zero-order chi connectivity index (χ0) is 14.0. The van der Waals surface area contributed by atoms with E-state index >= 15 is 0 Å². The molecule has 0 aliphatic rings. The lowest BCUT2D eigenvalue weighted by Gasteiger charge is -2.13. The smallest absolute Gasteiger partial charge is 0.409 e. The van der Waals surface area contributed by atoms with Gasteiger partial charge in [0.2, 0.25) is 0 Å². The molecular weight excluding hydrogens is 238 g/mol. The number of aliphatic hydroxyl groups is 1. The van der Waals surface area contributed by atoms with E-state index in [1.54, 1.807) is 13.8 Å². The Morgan fingerprint density at radius 1 is 1.33 bits per heavy atom. The van der Waals surface area contributed by atoms with Crippen molar-refractivity contribution in [1.29, 1.82) is 0 Å². The molecule has 0 saturated heterocycles. The normalized spacial score (nSPS) is 12.1. The highest BCUT2D eigenvalue weighted by Gasteiger charge is 2.13. The number of alkyl carbamates (subject to hydrolysis) is 1. The minimum absolute atomic E-state index is 0.0502. The average molecular weight is 261 g/mol. The van der Waals surface area contributed by atoms with Crippen LogP contribution in [0.25, 0.3) is 0 Å². The number of esters is 1. The fourth-order valence-corrected chi connectivity index (χ4v) is 1.14. The molecule has 0 aromatic rings. The van der Waals surface area contributed by atoms with E-state index in [0.29, 0.717) is 6.61 Å². The Bertz CT molecular complexity index is 255. The lowest BCUT2D eigenvalue weighted by atomic mass is 10.3. The van der Waals surface area contributed by atoms with Crippen molar-refractivity contribution in [3.05, 3.63) is 0 Å². The van der Waals surface area contributed by atoms with E-state index in [-0.39, 0.29) is 18.9 Å². The van der Waals surface area contributed by atoms with Crippen LogP contribution in [-0.2, 0) is 14.3 Å². The molecule has 1 unspecified atom stereocenters. The second-order valence-electron chi connectivity index (χ2n) is 4.23. The van der Waals surface area contributed by atoms with E-state index < -0.39 is 18.3 Å². The van der Waals surface area contributed by atoms with Gasteiger partial charge in [-0.3, -0.25) is 10.1 Å². The van der Waals surface area contributed by atoms with E-state index in [2.05, 4.69) is 5.32 Å². The van der Waals surface area contributed by atoms with Crippen molar-refractivity contribution >= 4 is 12.1 Å². The van der Waals surface area contributed by atoms with Crippen LogP contribution in [0.2, 0.25) is 0 Å². The summed E-state index contributed by atoms with van der Waals surface area (Å²) in [6.07, 6.45) is -0.0851. The summed E-state index contributed by atoms with van der Waals surface area (Å²) < 4.78 is 9.69. The Balaban J connectivity index is 3.66. The van der Waals surface area contributed by atoms with Crippen molar-refractivity contribution in [2.75, 3.05) is 6.61 Å². The van der Waals surface area contributed by atoms with Crippen LogP contribution in [0.15, 0.2) is 0 Å². The summed E-state index contributed by atoms with van der Waals surface area (Å²) in [4.78, 5) is 22.3. The van der Waals surface area contributed by atoms with Crippen LogP contribution in [0.4, 0.5) is 4.79 Å². The predicted octanol–water partition coefficient (Wildman–Crippen LogP) is 1.56. The Morgan fingerprint density at radius 3 is 2.56 bits per heavy atom. The molecule has 0 spiro atoms. The second kappa shape index (κ2) is 9.70. The summed E-state index contributed by atoms with van der Waals surface area (Å²) in [5.74, 6) is -0.398. The van der Waals surface area contributed by atoms with Gasteiger partial charge in [0.1, 0.15) is 6.23 Å². The number of hydrogen-bond donors (Lipinski definition) is 2. The molecule has 106 valence electrons. The highest BCUT2D eigenvalue weighted by molar-refractivity contribution is 5.70. The molecule has 0 heterocycles. The number of ether oxygens (including phenoxy) is 2. The third-order valence-electron chi connectivity index (χ3n) is 2.00. The first-order valence-electron chi connectivity index (χ1n) is 6.26. The van der Waals surface area contributed by atoms with Gasteiger partial charge in [0.25, 0.3) is 0 Å². The van der Waals surface area contributed by atoms with Crippen LogP contribution < -0.4 is 5.32 Å². The summed E-state index contributed by atoms with van der Waals surface area (Å²) in [7, 11) is 0. The molecule has 6 heteroatoms. The van der Waals surface area contributed by atoms with Gasteiger partial charge in [0.05, 0.1) is 12.7 Å². The third-order valence-corrected chi connectivity index (χ3v) is 2.00. The van der Waals surface area contributed by atoms with Crippen molar-refractivity contribution in [3.8, 4) is 0 Å². The largest absolute Gasteiger partial charge is 0.463 e. The molecule has 0 aromatic carbocycles. The summed E-state index contributed by atoms with van der Waals surface area (Å²) in [6.45, 7) is 5.80. The first-order chi connectivity index (χ1) is 8.45. The Morgan fingerprint density at radius 2 is 2.00 bits per heavy atom. The van der Waals surface area contributed by atoms with Crippen molar-refractivity contribution in [2.24, 2.45) is 0 Å². The number of aliphatic hydroxyl groups excluding tert-OH is 1. The first kappa shape index (κ1) is 16.7. The fraction of sp³-hybridized carbons (Fsp3) is 0.833. The standard InChI is InChI=1S/C12H23NO5/c1-4-5-8-17-12(16)13-10(14)6-7-11(15)18-9(2)3/h9-10,14H,4-8H2,1-3H3,(H,13,16). The van der Waals surface area contributed by atoms with Gasteiger partial charge in [-0.15, -0.1) is 0 Å². The van der Waals surface area contributed by atoms with Crippen LogP contribution in [0.1, 0.15) is 46.5 Å². The number of nitrogens with one attached hydrogen (secondary N) is 1. The highest BCUT2D eigenvalue weighted by Crippen LogP contribution is 2.00. The molecule has 2 N–H and O–H groups in total. The molecule has 0 radical (unpaired) electrons. The number of amides is 1. The number of unbranched alkanes of at least 4 members (excludes halogenated alkanes) is 1. The first-order valence-corrected chi connectivity index (χ1v) is 6.26. The lowest BCUT2D eigenvalue weighted by Crippen LogP contribution is -2.35. The molecule has 0 aliphatic carbocycles. The molecule has 18 heavy (non-hydrogen) atoms. The molecule has 1 atom stereocenters. The van der Waals surface area contributed by atoms with Gasteiger partial charge >= 0.3 is 12.1 Å². The second-order valence-corrected chi connectivity index (χ2v) is 4.23. The van der Waals surface area contributed by atoms with Gasteiger partial charge in [-0.05, 0) is 20.3 Å². The molecule has 0 bridgehead atoms. The Kier molecular flexibility index (Phi) is 9.00. The molecule has 0 rings (SSSR count). The van der Waals surface area contributed by atoms with Gasteiger partial charge in [-0.25, -0.2) is 4.79 Å². The van der Waals surface area contributed by atoms with Crippen LogP contribution in [0.3, 0.4) is 0 Å². The molecule has 6 nitrogen and oxygen atoms in total. The molecule has 0 saturated carbocycles. The van der Waals surface area contributed by atoms with Crippen molar-refractivity contribution < 1.29 is 24.2 Å². The Hall–Kier alpha value is -1.30. The monoisotopic (exact) mass is 261 g/mol. The van der Waals surface area contributed by atoms with Crippen molar-refractivity contribution in [3.63, 3.8) is 0 Å². The minimum atomic E-state index is -1.10. The van der Waals surface area contributed by atoms with Gasteiger partial charge in [0, 0.05) is 12.8 Å². The lowest BCUT2D eigenvalue weighted by molar-refractivity contribution is -0.148. The SMILES string of the molecule is CCCCOC(=O)NC(O)CCC(=O)OC(C)C. The quantitative estimate of drug-likeness (QED) is 0.393. The molecule has 0 fully saturated rings. The van der Waals surface area contributed by atoms with E-state index in [1.807, 2.05) is 6.92 Å². The molecule has 0 aromatic heterocycles. The van der Waals surface area contributed by atoms with Gasteiger partial charge < -0.3 is 14.6 Å². The third kappa shape index (κ3) is 9.89. The maximum Gasteiger partial charge on any atom is 0.409 e. The number of hydrogen-bond acceptors (Lipinski definition) is 5. The number of carbonyl (C=O) groups is 2. The van der Waals surface area contributed by atoms with E-state index in [0.717, 1.165) is 12.8 Å². The predicted molar refractivity (Wildman–Crippen MR) is 65.9 cm³/mol. The van der Waals surface area contributed by atoms with Crippen LogP contribution in [0, 0.1) is 0 Å². The molecular formula is C12H23NO5. The number of rotatable bonds is 8. The van der Waals surface area contributed by atoms with Gasteiger partial charge in [-0.2, -0.15) is 0 Å². The van der Waals surface area contributed by atoms with Crippen LogP contribution >= 0.6 is 0 Å². The fourth-order valence-electron chi connectivity index (χ4n) is 1.14. The van der Waals surface area contributed by atoms with E-state index in [1.165, 1.54) is 0 Å². The summed E-state index contributed by atoms with van der Waals surface area (Å²) in [5.41, 5.74) is 0. The summed E-state index contributed by atoms with van der Waals surface area (Å²) in [5, 5.41) is 11.7. The van der Waals surface area contributed by atoms with Crippen molar-refractivity contribution in [2.45, 2.75) is 58.8 Å². The van der Waals surface area contributed by atoms with E-state index in [9.17, 15) is 14.7 Å². The molecule has 0 aliphatic heterocycles. The topological polar surface area (TPSA) is 84.9 Å². The minimum Gasteiger partial charge on any atom is -0.463 e. The van der Waals surface area contributed by atoms with Gasteiger partial charge in [-0.1, -0.05) is 13.3 Å². The molecule has 1 amide bonds.